The zero-order valence-electron chi connectivity index (χ0n) is 9.43. The number of hydrogen-bond donors (Lipinski definition) is 1. The molecule has 1 N–H and O–H groups in total. The monoisotopic (exact) mass is 285 g/mol. The number of rotatable bonds is 5. The van der Waals surface area contributed by atoms with Gasteiger partial charge in [-0.15, -0.1) is 0 Å². The third-order valence-electron chi connectivity index (χ3n) is 2.51. The van der Waals surface area contributed by atoms with Crippen molar-refractivity contribution in [3.8, 4) is 0 Å². The maximum absolute atomic E-state index is 5.17. The Morgan fingerprint density at radius 3 is 3.06 bits per heavy atom. The molecule has 1 aromatic carbocycles. The van der Waals surface area contributed by atoms with Gasteiger partial charge in [-0.05, 0) is 0 Å². The van der Waals surface area contributed by atoms with E-state index in [2.05, 4.69) is 26.3 Å². The first-order valence-electron chi connectivity index (χ1n) is 5.32. The molecule has 4 nitrogen and oxygen atoms in total. The molecule has 0 aliphatic carbocycles. The van der Waals surface area contributed by atoms with Gasteiger partial charge < -0.3 is 0 Å². The number of fused-ring (bicyclic) bond motifs is 1. The van der Waals surface area contributed by atoms with Gasteiger partial charge in [0.2, 0.25) is 0 Å². The van der Waals surface area contributed by atoms with E-state index in [0.717, 1.165) is 23.1 Å². The zero-order valence-corrected chi connectivity index (χ0v) is 11.1. The van der Waals surface area contributed by atoms with E-state index < -0.39 is 0 Å². The minimum absolute atomic E-state index is 0.0308. The molecule has 1 aromatic heterocycles. The first-order valence-corrected chi connectivity index (χ1v) is 6.85. The van der Waals surface area contributed by atoms with Gasteiger partial charge in [-0.2, -0.15) is 0 Å². The van der Waals surface area contributed by atoms with Crippen LogP contribution in [0.2, 0.25) is 0 Å². The molecule has 0 amide bonds. The van der Waals surface area contributed by atoms with Gasteiger partial charge in [-0.3, -0.25) is 0 Å². The molecule has 5 heteroatoms. The van der Waals surface area contributed by atoms with E-state index in [4.69, 9.17) is 4.74 Å². The molecule has 0 bridgehead atoms. The van der Waals surface area contributed by atoms with Crippen molar-refractivity contribution in [1.82, 2.24) is 7.96 Å². The Kier molecular flexibility index (Phi) is 3.93. The Hall–Kier alpha value is -0.901. The van der Waals surface area contributed by atoms with Crippen LogP contribution in [0.25, 0.3) is 11.0 Å². The molecule has 2 rings (SSSR count). The van der Waals surface area contributed by atoms with Crippen molar-refractivity contribution in [1.29, 1.82) is 0 Å². The van der Waals surface area contributed by atoms with E-state index in [0.29, 0.717) is 12.6 Å². The van der Waals surface area contributed by atoms with Crippen LogP contribution in [0.1, 0.15) is 13.3 Å². The molecule has 1 heterocycles. The summed E-state index contributed by atoms with van der Waals surface area (Å²) in [5.74, 6) is 0. The average Bonchev–Trinajstić information content (AvgIpc) is 2.77. The molecule has 86 valence electrons. The van der Waals surface area contributed by atoms with E-state index in [-0.39, 0.29) is 15.0 Å². The second-order valence-corrected chi connectivity index (χ2v) is 4.75. The summed E-state index contributed by atoms with van der Waals surface area (Å²) in [6.07, 6.45) is 1.03. The fraction of sp³-hybridized carbons (Fsp3) is 0.455. The second kappa shape index (κ2) is 5.43. The molecule has 0 aliphatic rings. The van der Waals surface area contributed by atoms with Gasteiger partial charge in [-0.25, -0.2) is 0 Å². The van der Waals surface area contributed by atoms with Gasteiger partial charge in [0.25, 0.3) is 0 Å². The predicted molar refractivity (Wildman–Crippen MR) is 66.1 cm³/mol. The summed E-state index contributed by atoms with van der Waals surface area (Å²) in [5.41, 5.74) is 3.10. The number of benzene rings is 1. The zero-order chi connectivity index (χ0) is 11.4. The summed E-state index contributed by atoms with van der Waals surface area (Å²) in [5, 5.41) is 3.46. The standard InChI is InChI=1S/C11H15N3OSe/c1-3-8(7-15-2)12-9-5-4-6-10-11(9)14-16-13-10/h4-6,8,12H,3,7H2,1-2H3. The van der Waals surface area contributed by atoms with Crippen molar-refractivity contribution in [3.05, 3.63) is 18.2 Å². The normalized spacial score (nSPS) is 12.9. The van der Waals surface area contributed by atoms with Crippen molar-refractivity contribution >= 4 is 31.7 Å². The van der Waals surface area contributed by atoms with Crippen LogP contribution in [0.15, 0.2) is 18.2 Å². The van der Waals surface area contributed by atoms with Gasteiger partial charge in [0.05, 0.1) is 0 Å². The first-order chi connectivity index (χ1) is 7.85. The second-order valence-electron chi connectivity index (χ2n) is 3.64. The van der Waals surface area contributed by atoms with E-state index >= 15 is 0 Å². The minimum atomic E-state index is 0.0308. The first kappa shape index (κ1) is 11.6. The van der Waals surface area contributed by atoms with Crippen LogP contribution in [0.5, 0.6) is 0 Å². The van der Waals surface area contributed by atoms with Gasteiger partial charge in [0, 0.05) is 0 Å². The van der Waals surface area contributed by atoms with Crippen molar-refractivity contribution in [3.63, 3.8) is 0 Å². The van der Waals surface area contributed by atoms with Crippen molar-refractivity contribution < 1.29 is 4.74 Å². The number of nitrogens with zero attached hydrogens (tertiary/aromatic N) is 2. The quantitative estimate of drug-likeness (QED) is 0.846. The van der Waals surface area contributed by atoms with Crippen molar-refractivity contribution in [2.24, 2.45) is 0 Å². The summed E-state index contributed by atoms with van der Waals surface area (Å²) in [4.78, 5) is 0. The Balaban J connectivity index is 2.22. The molecule has 0 fully saturated rings. The SMILES string of the molecule is CCC(COC)Nc1cccc2n[se]nc12. The van der Waals surface area contributed by atoms with E-state index in [1.54, 1.807) is 7.11 Å². The van der Waals surface area contributed by atoms with Crippen molar-refractivity contribution in [2.45, 2.75) is 19.4 Å². The van der Waals surface area contributed by atoms with Gasteiger partial charge >= 0.3 is 101 Å². The van der Waals surface area contributed by atoms with Gasteiger partial charge in [0.15, 0.2) is 0 Å². The molecule has 0 saturated carbocycles. The molecule has 1 atom stereocenters. The number of aromatic nitrogens is 2. The Bertz CT molecular complexity index is 457. The summed E-state index contributed by atoms with van der Waals surface area (Å²) >= 11 is 0.0308. The van der Waals surface area contributed by atoms with Crippen LogP contribution in [-0.2, 0) is 4.74 Å². The molecule has 16 heavy (non-hydrogen) atoms. The molecule has 0 radical (unpaired) electrons. The Morgan fingerprint density at radius 2 is 2.31 bits per heavy atom. The van der Waals surface area contributed by atoms with E-state index in [9.17, 15) is 0 Å². The number of anilines is 1. The van der Waals surface area contributed by atoms with E-state index in [1.807, 2.05) is 12.1 Å². The fourth-order valence-corrected chi connectivity index (χ4v) is 2.76. The Labute approximate surface area is 101 Å². The molecule has 2 aromatic rings. The van der Waals surface area contributed by atoms with Crippen LogP contribution in [0, 0.1) is 0 Å². The van der Waals surface area contributed by atoms with Crippen LogP contribution in [0.4, 0.5) is 5.69 Å². The van der Waals surface area contributed by atoms with Crippen molar-refractivity contribution in [2.75, 3.05) is 19.0 Å². The summed E-state index contributed by atoms with van der Waals surface area (Å²) < 4.78 is 14.0. The fourth-order valence-electron chi connectivity index (χ4n) is 1.61. The van der Waals surface area contributed by atoms with Gasteiger partial charge in [0.1, 0.15) is 0 Å². The van der Waals surface area contributed by atoms with Crippen LogP contribution in [0.3, 0.4) is 0 Å². The van der Waals surface area contributed by atoms with Crippen LogP contribution in [-0.4, -0.2) is 42.7 Å². The molecular weight excluding hydrogens is 269 g/mol. The molecule has 0 spiro atoms. The maximum atomic E-state index is 5.17. The molecular formula is C11H15N3OSe. The number of ether oxygens (including phenoxy) is 1. The summed E-state index contributed by atoms with van der Waals surface area (Å²) in [6, 6.07) is 6.41. The van der Waals surface area contributed by atoms with Gasteiger partial charge in [-0.1, -0.05) is 0 Å². The average molecular weight is 284 g/mol. The number of methoxy groups -OCH3 is 1. The van der Waals surface area contributed by atoms with Crippen LogP contribution < -0.4 is 5.32 Å². The Morgan fingerprint density at radius 1 is 1.44 bits per heavy atom. The van der Waals surface area contributed by atoms with Crippen LogP contribution >= 0.6 is 0 Å². The number of hydrogen-bond acceptors (Lipinski definition) is 4. The summed E-state index contributed by atoms with van der Waals surface area (Å²) in [7, 11) is 1.72. The third kappa shape index (κ3) is 2.43. The summed E-state index contributed by atoms with van der Waals surface area (Å²) in [6.45, 7) is 2.85. The predicted octanol–water partition coefficient (Wildman–Crippen LogP) is 1.52. The number of nitrogens with one attached hydrogen (secondary N) is 1. The third-order valence-corrected chi connectivity index (χ3v) is 3.64. The molecule has 0 aliphatic heterocycles. The van der Waals surface area contributed by atoms with E-state index in [1.165, 1.54) is 0 Å². The topological polar surface area (TPSA) is 47.0 Å². The molecule has 1 unspecified atom stereocenters. The molecule has 0 saturated heterocycles.